The molecule has 0 aromatic heterocycles. The second-order valence-electron chi connectivity index (χ2n) is 4.09. The molecule has 0 unspecified atom stereocenters. The molecule has 0 bridgehead atoms. The van der Waals surface area contributed by atoms with Crippen LogP contribution in [0.15, 0.2) is 5.34 Å². The predicted molar refractivity (Wildman–Crippen MR) is 63.6 cm³/mol. The van der Waals surface area contributed by atoms with Crippen LogP contribution in [0.4, 0.5) is 0 Å². The van der Waals surface area contributed by atoms with Crippen LogP contribution in [0.1, 0.15) is 71.1 Å². The van der Waals surface area contributed by atoms with Gasteiger partial charge in [-0.3, -0.25) is 0 Å². The molecule has 15 heavy (non-hydrogen) atoms. The maximum Gasteiger partial charge on any atom is 0.155 e. The molecule has 3 nitrogen and oxygen atoms in total. The van der Waals surface area contributed by atoms with Crippen LogP contribution in [0.3, 0.4) is 0 Å². The van der Waals surface area contributed by atoms with E-state index in [-0.39, 0.29) is 0 Å². The summed E-state index contributed by atoms with van der Waals surface area (Å²) in [6.07, 6.45) is 12.9. The summed E-state index contributed by atoms with van der Waals surface area (Å²) in [7, 11) is 0. The molecule has 0 spiro atoms. The Morgan fingerprint density at radius 3 is 1.73 bits per heavy atom. The average molecular weight is 215 g/mol. The molecule has 90 valence electrons. The van der Waals surface area contributed by atoms with Gasteiger partial charge in [0.2, 0.25) is 0 Å². The highest BCUT2D eigenvalue weighted by Gasteiger charge is 1.92. The van der Waals surface area contributed by atoms with Crippen LogP contribution in [-0.2, 0) is 4.84 Å². The zero-order chi connectivity index (χ0) is 11.2. The Bertz CT molecular complexity index is 129. The molecule has 0 atom stereocenters. The summed E-state index contributed by atoms with van der Waals surface area (Å²) in [5.41, 5.74) is 0. The maximum atomic E-state index is 9.59. The molecule has 0 radical (unpaired) electrons. The first-order chi connectivity index (χ1) is 7.41. The van der Waals surface area contributed by atoms with Crippen molar-refractivity contribution in [2.75, 3.05) is 6.61 Å². The third-order valence-corrected chi connectivity index (χ3v) is 2.64. The van der Waals surface area contributed by atoms with E-state index in [9.17, 15) is 4.91 Å². The molecule has 0 heterocycles. The zero-order valence-electron chi connectivity index (χ0n) is 10.0. The number of hydrogen-bond donors (Lipinski definition) is 0. The zero-order valence-corrected chi connectivity index (χ0v) is 10.0. The van der Waals surface area contributed by atoms with E-state index in [2.05, 4.69) is 17.1 Å². The highest BCUT2D eigenvalue weighted by atomic mass is 16.7. The molecule has 0 aliphatic carbocycles. The van der Waals surface area contributed by atoms with Gasteiger partial charge in [0.25, 0.3) is 0 Å². The Morgan fingerprint density at radius 2 is 1.27 bits per heavy atom. The Hall–Kier alpha value is -0.600. The largest absolute Gasteiger partial charge is 0.364 e. The summed E-state index contributed by atoms with van der Waals surface area (Å²) in [4.78, 5) is 14.0. The lowest BCUT2D eigenvalue weighted by molar-refractivity contribution is 0.135. The third-order valence-electron chi connectivity index (χ3n) is 2.64. The first kappa shape index (κ1) is 14.4. The van der Waals surface area contributed by atoms with Gasteiger partial charge in [0.15, 0.2) is 5.34 Å². The van der Waals surface area contributed by atoms with E-state index in [1.54, 1.807) is 0 Å². The summed E-state index contributed by atoms with van der Waals surface area (Å²) in [6.45, 7) is 2.73. The van der Waals surface area contributed by atoms with Crippen LogP contribution in [0.25, 0.3) is 0 Å². The van der Waals surface area contributed by atoms with E-state index in [1.165, 1.54) is 51.4 Å². The van der Waals surface area contributed by atoms with Crippen molar-refractivity contribution in [3.63, 3.8) is 0 Å². The Balaban J connectivity index is 2.83. The predicted octanol–water partition coefficient (Wildman–Crippen LogP) is 4.61. The quantitative estimate of drug-likeness (QED) is 0.271. The molecule has 0 saturated heterocycles. The maximum absolute atomic E-state index is 9.59. The monoisotopic (exact) mass is 215 g/mol. The standard InChI is InChI=1S/C12H25NO2/c1-2-3-4-5-6-7-8-9-10-11-12-15-13-14/h2-12H2,1H3. The molecule has 0 rings (SSSR count). The number of hydrogen-bond acceptors (Lipinski definition) is 3. The van der Waals surface area contributed by atoms with Crippen molar-refractivity contribution in [2.24, 2.45) is 5.34 Å². The van der Waals surface area contributed by atoms with Crippen molar-refractivity contribution in [3.05, 3.63) is 4.91 Å². The molecule has 3 heteroatoms. The second-order valence-corrected chi connectivity index (χ2v) is 4.09. The van der Waals surface area contributed by atoms with Crippen LogP contribution in [0.5, 0.6) is 0 Å². The van der Waals surface area contributed by atoms with E-state index in [0.29, 0.717) is 6.61 Å². The highest BCUT2D eigenvalue weighted by Crippen LogP contribution is 2.10. The number of rotatable bonds is 12. The molecule has 0 aliphatic rings. The minimum Gasteiger partial charge on any atom is -0.364 e. The molecular weight excluding hydrogens is 190 g/mol. The fraction of sp³-hybridized carbons (Fsp3) is 1.00. The lowest BCUT2D eigenvalue weighted by atomic mass is 10.1. The van der Waals surface area contributed by atoms with Crippen LogP contribution < -0.4 is 0 Å². The van der Waals surface area contributed by atoms with Gasteiger partial charge in [0, 0.05) is 0 Å². The second kappa shape index (κ2) is 13.4. The molecule has 0 amide bonds. The molecule has 0 aromatic rings. The smallest absolute Gasteiger partial charge is 0.155 e. The summed E-state index contributed by atoms with van der Waals surface area (Å²) in [6, 6.07) is 0. The number of unbranched alkanes of at least 4 members (excludes halogenated alkanes) is 9. The Labute approximate surface area is 93.5 Å². The minimum atomic E-state index is 0.486. The summed E-state index contributed by atoms with van der Waals surface area (Å²) in [5.74, 6) is 0. The fourth-order valence-corrected chi connectivity index (χ4v) is 1.69. The summed E-state index contributed by atoms with van der Waals surface area (Å²) >= 11 is 0. The van der Waals surface area contributed by atoms with E-state index in [1.807, 2.05) is 0 Å². The topological polar surface area (TPSA) is 38.7 Å². The van der Waals surface area contributed by atoms with E-state index >= 15 is 0 Å². The van der Waals surface area contributed by atoms with Crippen molar-refractivity contribution in [1.29, 1.82) is 0 Å². The highest BCUT2D eigenvalue weighted by molar-refractivity contribution is 4.46. The van der Waals surface area contributed by atoms with E-state index < -0.39 is 0 Å². The lowest BCUT2D eigenvalue weighted by Crippen LogP contribution is -1.87. The fourth-order valence-electron chi connectivity index (χ4n) is 1.69. The summed E-state index contributed by atoms with van der Waals surface area (Å²) < 4.78 is 0. The van der Waals surface area contributed by atoms with Gasteiger partial charge in [0.1, 0.15) is 6.61 Å². The van der Waals surface area contributed by atoms with Crippen LogP contribution in [0, 0.1) is 4.91 Å². The van der Waals surface area contributed by atoms with Gasteiger partial charge in [0.05, 0.1) is 0 Å². The molecule has 0 aromatic carbocycles. The lowest BCUT2D eigenvalue weighted by Gasteiger charge is -2.01. The van der Waals surface area contributed by atoms with Gasteiger partial charge >= 0.3 is 0 Å². The van der Waals surface area contributed by atoms with E-state index in [4.69, 9.17) is 0 Å². The minimum absolute atomic E-state index is 0.486. The average Bonchev–Trinajstić information content (AvgIpc) is 2.26. The van der Waals surface area contributed by atoms with Gasteiger partial charge in [-0.15, -0.1) is 4.91 Å². The van der Waals surface area contributed by atoms with Crippen LogP contribution in [0.2, 0.25) is 0 Å². The first-order valence-corrected chi connectivity index (χ1v) is 6.36. The van der Waals surface area contributed by atoms with Crippen molar-refractivity contribution in [2.45, 2.75) is 71.1 Å². The van der Waals surface area contributed by atoms with Crippen LogP contribution >= 0.6 is 0 Å². The van der Waals surface area contributed by atoms with Crippen molar-refractivity contribution in [1.82, 2.24) is 0 Å². The number of nitrogens with zero attached hydrogens (tertiary/aromatic N) is 1. The van der Waals surface area contributed by atoms with Gasteiger partial charge in [-0.05, 0) is 12.8 Å². The molecule has 0 fully saturated rings. The summed E-state index contributed by atoms with van der Waals surface area (Å²) in [5, 5.41) is 2.36. The van der Waals surface area contributed by atoms with Crippen molar-refractivity contribution < 1.29 is 4.84 Å². The molecule has 0 saturated carbocycles. The van der Waals surface area contributed by atoms with Gasteiger partial charge in [-0.2, -0.15) is 0 Å². The van der Waals surface area contributed by atoms with E-state index in [0.717, 1.165) is 12.8 Å². The first-order valence-electron chi connectivity index (χ1n) is 6.36. The molecule has 0 aliphatic heterocycles. The molecular formula is C12H25NO2. The van der Waals surface area contributed by atoms with Crippen molar-refractivity contribution >= 4 is 0 Å². The Kier molecular flexibility index (Phi) is 12.9. The third kappa shape index (κ3) is 13.4. The van der Waals surface area contributed by atoms with Gasteiger partial charge < -0.3 is 4.84 Å². The SMILES string of the molecule is CCCCCCCCCCCCON=O. The normalized spacial score (nSPS) is 10.2. The Morgan fingerprint density at radius 1 is 0.800 bits per heavy atom. The molecule has 0 N–H and O–H groups in total. The van der Waals surface area contributed by atoms with Crippen LogP contribution in [-0.4, -0.2) is 6.61 Å². The van der Waals surface area contributed by atoms with Gasteiger partial charge in [-0.1, -0.05) is 58.3 Å². The van der Waals surface area contributed by atoms with Crippen molar-refractivity contribution in [3.8, 4) is 0 Å². The van der Waals surface area contributed by atoms with Gasteiger partial charge in [-0.25, -0.2) is 0 Å².